The monoisotopic (exact) mass is 425 g/mol. The first-order valence-corrected chi connectivity index (χ1v) is 9.95. The van der Waals surface area contributed by atoms with Gasteiger partial charge in [-0.25, -0.2) is 0 Å². The molecule has 0 unspecified atom stereocenters. The van der Waals surface area contributed by atoms with Gasteiger partial charge in [-0.15, -0.1) is 0 Å². The van der Waals surface area contributed by atoms with E-state index in [0.29, 0.717) is 35.6 Å². The van der Waals surface area contributed by atoms with Crippen LogP contribution in [-0.4, -0.2) is 73.0 Å². The molecule has 0 radical (unpaired) electrons. The number of pyridine rings is 1. The van der Waals surface area contributed by atoms with E-state index in [9.17, 15) is 14.7 Å². The van der Waals surface area contributed by atoms with Crippen LogP contribution in [0.15, 0.2) is 48.3 Å². The predicted molar refractivity (Wildman–Crippen MR) is 116 cm³/mol. The lowest BCUT2D eigenvalue weighted by Crippen LogP contribution is -2.32. The van der Waals surface area contributed by atoms with Gasteiger partial charge in [-0.05, 0) is 45.3 Å². The molecule has 0 aliphatic carbocycles. The Kier molecular flexibility index (Phi) is 6.91. The van der Waals surface area contributed by atoms with E-state index in [1.54, 1.807) is 30.3 Å². The first-order chi connectivity index (χ1) is 14.9. The number of hydrogen-bond donors (Lipinski definition) is 1. The first kappa shape index (κ1) is 22.3. The molecule has 1 aromatic heterocycles. The molecule has 0 bridgehead atoms. The highest BCUT2D eigenvalue weighted by Crippen LogP contribution is 2.45. The Morgan fingerprint density at radius 2 is 1.84 bits per heavy atom. The summed E-state index contributed by atoms with van der Waals surface area (Å²) in [7, 11) is 6.91. The van der Waals surface area contributed by atoms with Crippen LogP contribution in [0.25, 0.3) is 5.76 Å². The fourth-order valence-corrected chi connectivity index (χ4v) is 3.78. The van der Waals surface area contributed by atoms with E-state index < -0.39 is 17.7 Å². The van der Waals surface area contributed by atoms with Crippen LogP contribution < -0.4 is 9.47 Å². The second kappa shape index (κ2) is 9.61. The van der Waals surface area contributed by atoms with Gasteiger partial charge in [-0.2, -0.15) is 0 Å². The summed E-state index contributed by atoms with van der Waals surface area (Å²) in [5, 5.41) is 11.0. The average Bonchev–Trinajstić information content (AvgIpc) is 3.03. The molecule has 164 valence electrons. The minimum Gasteiger partial charge on any atom is -0.507 e. The number of Topliss-reactive ketones (excluding diaryl/α,β-unsaturated/α-hetero) is 1. The Morgan fingerprint density at radius 1 is 1.13 bits per heavy atom. The number of methoxy groups -OCH3 is 2. The molecular formula is C23H27N3O5. The molecule has 1 aromatic carbocycles. The van der Waals surface area contributed by atoms with Gasteiger partial charge in [0.05, 0.1) is 25.8 Å². The van der Waals surface area contributed by atoms with Crippen molar-refractivity contribution in [1.82, 2.24) is 14.8 Å². The number of aliphatic hydroxyl groups excluding tert-OH is 1. The summed E-state index contributed by atoms with van der Waals surface area (Å²) in [6, 6.07) is 7.66. The SMILES string of the molecule is COc1cccc([C@@H]2C(=C(O)c3ccncc3)C(=O)C(=O)N2CCCN(C)C)c1OC. The Bertz CT molecular complexity index is 988. The summed E-state index contributed by atoms with van der Waals surface area (Å²) in [5.41, 5.74) is 1.00. The van der Waals surface area contributed by atoms with Crippen molar-refractivity contribution in [2.24, 2.45) is 0 Å². The van der Waals surface area contributed by atoms with Crippen LogP contribution in [0, 0.1) is 0 Å². The molecule has 1 aliphatic rings. The van der Waals surface area contributed by atoms with Gasteiger partial charge in [-0.1, -0.05) is 12.1 Å². The van der Waals surface area contributed by atoms with Gasteiger partial charge in [-0.3, -0.25) is 14.6 Å². The minimum atomic E-state index is -0.805. The van der Waals surface area contributed by atoms with E-state index in [2.05, 4.69) is 4.98 Å². The molecule has 1 N–H and O–H groups in total. The Morgan fingerprint density at radius 3 is 2.45 bits per heavy atom. The predicted octanol–water partition coefficient (Wildman–Crippen LogP) is 2.47. The zero-order chi connectivity index (χ0) is 22.5. The first-order valence-electron chi connectivity index (χ1n) is 9.95. The van der Waals surface area contributed by atoms with Gasteiger partial charge in [0, 0.05) is 30.1 Å². The fraction of sp³-hybridized carbons (Fsp3) is 0.348. The lowest BCUT2D eigenvalue weighted by atomic mass is 9.94. The molecule has 2 heterocycles. The molecular weight excluding hydrogens is 398 g/mol. The van der Waals surface area contributed by atoms with E-state index in [1.165, 1.54) is 31.5 Å². The number of carbonyl (C=O) groups is 2. The summed E-state index contributed by atoms with van der Waals surface area (Å²) in [5.74, 6) is -0.734. The summed E-state index contributed by atoms with van der Waals surface area (Å²) < 4.78 is 11.0. The maximum Gasteiger partial charge on any atom is 0.295 e. The van der Waals surface area contributed by atoms with Crippen LogP contribution in [0.4, 0.5) is 0 Å². The van der Waals surface area contributed by atoms with E-state index in [1.807, 2.05) is 19.0 Å². The van der Waals surface area contributed by atoms with Crippen LogP contribution in [0.5, 0.6) is 11.5 Å². The van der Waals surface area contributed by atoms with Crippen molar-refractivity contribution in [2.75, 3.05) is 41.4 Å². The maximum absolute atomic E-state index is 13.1. The molecule has 8 nitrogen and oxygen atoms in total. The average molecular weight is 425 g/mol. The number of ether oxygens (including phenoxy) is 2. The van der Waals surface area contributed by atoms with Crippen LogP contribution in [0.3, 0.4) is 0 Å². The van der Waals surface area contributed by atoms with Gasteiger partial charge in [0.15, 0.2) is 11.5 Å². The number of likely N-dealkylation sites (tertiary alicyclic amines) is 1. The third kappa shape index (κ3) is 4.39. The quantitative estimate of drug-likeness (QED) is 0.395. The highest BCUT2D eigenvalue weighted by atomic mass is 16.5. The van der Waals surface area contributed by atoms with E-state index >= 15 is 0 Å². The second-order valence-electron chi connectivity index (χ2n) is 7.47. The molecule has 2 aromatic rings. The number of ketones is 1. The molecule has 1 saturated heterocycles. The number of amides is 1. The minimum absolute atomic E-state index is 0.0209. The number of carbonyl (C=O) groups excluding carboxylic acids is 2. The molecule has 0 spiro atoms. The fourth-order valence-electron chi connectivity index (χ4n) is 3.78. The number of aromatic nitrogens is 1. The zero-order valence-corrected chi connectivity index (χ0v) is 18.2. The summed E-state index contributed by atoms with van der Waals surface area (Å²) in [6.45, 7) is 1.09. The summed E-state index contributed by atoms with van der Waals surface area (Å²) in [4.78, 5) is 33.5. The standard InChI is InChI=1S/C23H27N3O5/c1-25(2)13-6-14-26-19(16-7-5-8-17(30-3)22(16)31-4)18(21(28)23(26)29)20(27)15-9-11-24-12-10-15/h5,7-12,19,27H,6,13-14H2,1-4H3/t19-/m1/s1. The largest absolute Gasteiger partial charge is 0.507 e. The van der Waals surface area contributed by atoms with Gasteiger partial charge in [0.2, 0.25) is 0 Å². The molecule has 1 aliphatic heterocycles. The number of benzene rings is 1. The summed E-state index contributed by atoms with van der Waals surface area (Å²) >= 11 is 0. The Balaban J connectivity index is 2.18. The van der Waals surface area contributed by atoms with Crippen molar-refractivity contribution in [3.05, 3.63) is 59.4 Å². The highest BCUT2D eigenvalue weighted by Gasteiger charge is 2.47. The van der Waals surface area contributed by atoms with Crippen molar-refractivity contribution in [2.45, 2.75) is 12.5 Å². The number of rotatable bonds is 8. The zero-order valence-electron chi connectivity index (χ0n) is 18.2. The molecule has 1 amide bonds. The van der Waals surface area contributed by atoms with Gasteiger partial charge >= 0.3 is 0 Å². The van der Waals surface area contributed by atoms with Crippen molar-refractivity contribution in [3.63, 3.8) is 0 Å². The lowest BCUT2D eigenvalue weighted by Gasteiger charge is -2.27. The normalized spacial score (nSPS) is 18.0. The van der Waals surface area contributed by atoms with Crippen LogP contribution >= 0.6 is 0 Å². The second-order valence-corrected chi connectivity index (χ2v) is 7.47. The molecule has 0 saturated carbocycles. The Labute approximate surface area is 181 Å². The van der Waals surface area contributed by atoms with Crippen LogP contribution in [-0.2, 0) is 9.59 Å². The van der Waals surface area contributed by atoms with Crippen molar-refractivity contribution < 1.29 is 24.2 Å². The summed E-state index contributed by atoms with van der Waals surface area (Å²) in [6.07, 6.45) is 3.70. The number of aliphatic hydroxyl groups is 1. The Hall–Kier alpha value is -3.39. The van der Waals surface area contributed by atoms with Crippen molar-refractivity contribution in [3.8, 4) is 11.5 Å². The molecule has 1 fully saturated rings. The number of hydrogen-bond acceptors (Lipinski definition) is 7. The smallest absolute Gasteiger partial charge is 0.295 e. The van der Waals surface area contributed by atoms with Crippen LogP contribution in [0.1, 0.15) is 23.6 Å². The third-order valence-electron chi connectivity index (χ3n) is 5.23. The van der Waals surface area contributed by atoms with Gasteiger partial charge in [0.25, 0.3) is 11.7 Å². The number of nitrogens with zero attached hydrogens (tertiary/aromatic N) is 3. The van der Waals surface area contributed by atoms with E-state index in [4.69, 9.17) is 9.47 Å². The molecule has 3 rings (SSSR count). The molecule has 31 heavy (non-hydrogen) atoms. The van der Waals surface area contributed by atoms with Crippen molar-refractivity contribution >= 4 is 17.4 Å². The molecule has 8 heteroatoms. The number of para-hydroxylation sites is 1. The topological polar surface area (TPSA) is 92.2 Å². The third-order valence-corrected chi connectivity index (χ3v) is 5.23. The molecule has 1 atom stereocenters. The van der Waals surface area contributed by atoms with Crippen molar-refractivity contribution in [1.29, 1.82) is 0 Å². The van der Waals surface area contributed by atoms with Gasteiger partial charge in [0.1, 0.15) is 5.76 Å². The van der Waals surface area contributed by atoms with E-state index in [0.717, 1.165) is 6.54 Å². The lowest BCUT2D eigenvalue weighted by molar-refractivity contribution is -0.140. The van der Waals surface area contributed by atoms with E-state index in [-0.39, 0.29) is 11.3 Å². The van der Waals surface area contributed by atoms with Gasteiger partial charge < -0.3 is 24.4 Å². The highest BCUT2D eigenvalue weighted by molar-refractivity contribution is 6.46. The maximum atomic E-state index is 13.1. The van der Waals surface area contributed by atoms with Crippen LogP contribution in [0.2, 0.25) is 0 Å².